The molecule has 1 aromatic rings. The zero-order valence-corrected chi connectivity index (χ0v) is 35.5. The molecule has 8 nitrogen and oxygen atoms in total. The molecule has 11 unspecified atom stereocenters. The SMILES string of the molecule is CC(C)C1=C2C3CCC4C(C)(CCC5C(C)(C)C(CC(=O)C6CC(C(=O)O)C6C)CCC54C)C3CCC2(CCNC(=O)CNC(=O)c2ccc(Cl)cc2)CC1=O. The van der Waals surface area contributed by atoms with E-state index in [2.05, 4.69) is 52.2 Å². The predicted molar refractivity (Wildman–Crippen MR) is 218 cm³/mol. The molecule has 0 bridgehead atoms. The Morgan fingerprint density at radius 3 is 2.23 bits per heavy atom. The lowest BCUT2D eigenvalue weighted by Gasteiger charge is -2.69. The van der Waals surface area contributed by atoms with Crippen LogP contribution in [0.3, 0.4) is 0 Å². The first-order valence-corrected chi connectivity index (χ1v) is 22.1. The highest BCUT2D eigenvalue weighted by molar-refractivity contribution is 6.30. The van der Waals surface area contributed by atoms with Crippen LogP contribution in [0.25, 0.3) is 0 Å². The van der Waals surface area contributed by atoms with E-state index in [1.54, 1.807) is 24.3 Å². The number of carbonyl (C=O) groups is 5. The number of carboxylic acids is 1. The number of aliphatic carboxylic acids is 1. The first kappa shape index (κ1) is 41.2. The van der Waals surface area contributed by atoms with Gasteiger partial charge in [0.2, 0.25) is 5.91 Å². The van der Waals surface area contributed by atoms with Gasteiger partial charge in [-0.3, -0.25) is 24.0 Å². The molecule has 0 radical (unpaired) electrons. The van der Waals surface area contributed by atoms with E-state index in [0.29, 0.717) is 71.8 Å². The molecule has 6 aliphatic rings. The Morgan fingerprint density at radius 1 is 0.875 bits per heavy atom. The van der Waals surface area contributed by atoms with Gasteiger partial charge in [0, 0.05) is 41.3 Å². The molecule has 11 atom stereocenters. The summed E-state index contributed by atoms with van der Waals surface area (Å²) in [6.07, 6.45) is 11.2. The number of halogens is 1. The van der Waals surface area contributed by atoms with Crippen molar-refractivity contribution < 1.29 is 29.1 Å². The first-order chi connectivity index (χ1) is 26.3. The standard InChI is InChI=1S/C47H65ClN2O6/c1-26(2)40-36(52)24-47(20-21-49-39(53)25-50-42(54)28-8-10-30(48)11-9-28)19-15-34-31(41(40)47)12-13-38-45(34,6)18-16-37-44(4,5)29(14-17-46(37,38)7)22-35(51)32-23-33(27(32)3)43(55)56/h8-11,26-27,29,31-34,37-38H,12-25H2,1-7H3,(H,49,53)(H,50,54)(H,55,56). The summed E-state index contributed by atoms with van der Waals surface area (Å²) < 4.78 is 0. The highest BCUT2D eigenvalue weighted by atomic mass is 35.5. The van der Waals surface area contributed by atoms with E-state index in [9.17, 15) is 29.1 Å². The van der Waals surface area contributed by atoms with Crippen molar-refractivity contribution in [3.63, 3.8) is 0 Å². The van der Waals surface area contributed by atoms with Gasteiger partial charge in [0.15, 0.2) is 5.78 Å². The second kappa shape index (κ2) is 15.0. The minimum Gasteiger partial charge on any atom is -0.481 e. The number of hydrogen-bond donors (Lipinski definition) is 3. The van der Waals surface area contributed by atoms with E-state index in [-0.39, 0.29) is 69.5 Å². The molecule has 56 heavy (non-hydrogen) atoms. The third-order valence-electron chi connectivity index (χ3n) is 17.4. The number of fused-ring (bicyclic) bond motifs is 7. The van der Waals surface area contributed by atoms with E-state index in [1.165, 1.54) is 12.0 Å². The monoisotopic (exact) mass is 788 g/mol. The van der Waals surface area contributed by atoms with Gasteiger partial charge in [-0.1, -0.05) is 65.6 Å². The molecule has 0 saturated heterocycles. The fraction of sp³-hybridized carbons (Fsp3) is 0.723. The molecular formula is C47H65ClN2O6. The van der Waals surface area contributed by atoms with Crippen LogP contribution in [0.5, 0.6) is 0 Å². The molecule has 0 aliphatic heterocycles. The van der Waals surface area contributed by atoms with E-state index < -0.39 is 5.97 Å². The average molecular weight is 789 g/mol. The lowest BCUT2D eigenvalue weighted by atomic mass is 9.35. The van der Waals surface area contributed by atoms with Gasteiger partial charge in [0.25, 0.3) is 5.91 Å². The molecule has 1 aromatic carbocycles. The van der Waals surface area contributed by atoms with Crippen molar-refractivity contribution in [3.05, 3.63) is 46.0 Å². The maximum Gasteiger partial charge on any atom is 0.306 e. The molecular weight excluding hydrogens is 724 g/mol. The summed E-state index contributed by atoms with van der Waals surface area (Å²) in [7, 11) is 0. The van der Waals surface area contributed by atoms with Crippen LogP contribution in [0.2, 0.25) is 5.02 Å². The lowest BCUT2D eigenvalue weighted by molar-refractivity contribution is -0.193. The minimum absolute atomic E-state index is 0.0239. The van der Waals surface area contributed by atoms with Crippen LogP contribution in [0.4, 0.5) is 0 Å². The first-order valence-electron chi connectivity index (χ1n) is 21.7. The largest absolute Gasteiger partial charge is 0.481 e. The van der Waals surface area contributed by atoms with Gasteiger partial charge in [-0.05, 0) is 152 Å². The van der Waals surface area contributed by atoms with Crippen LogP contribution in [-0.2, 0) is 19.2 Å². The number of Topliss-reactive ketones (excluding diaryl/α,β-unsaturated/α-hetero) is 2. The average Bonchev–Trinajstić information content (AvgIpc) is 3.43. The molecule has 7 rings (SSSR count). The van der Waals surface area contributed by atoms with Crippen molar-refractivity contribution in [2.24, 2.45) is 74.9 Å². The van der Waals surface area contributed by atoms with Crippen LogP contribution >= 0.6 is 11.6 Å². The fourth-order valence-corrected chi connectivity index (χ4v) is 14.6. The second-order valence-corrected chi connectivity index (χ2v) is 20.9. The number of rotatable bonds is 11. The lowest BCUT2D eigenvalue weighted by Crippen LogP contribution is -2.62. The van der Waals surface area contributed by atoms with Crippen LogP contribution in [0.15, 0.2) is 35.4 Å². The van der Waals surface area contributed by atoms with Crippen LogP contribution in [-0.4, -0.2) is 47.5 Å². The number of allylic oxidation sites excluding steroid dienone is 2. The normalized spacial score (nSPS) is 38.4. The van der Waals surface area contributed by atoms with E-state index >= 15 is 0 Å². The number of hydrogen-bond acceptors (Lipinski definition) is 5. The smallest absolute Gasteiger partial charge is 0.306 e. The van der Waals surface area contributed by atoms with E-state index in [1.807, 2.05) is 6.92 Å². The highest BCUT2D eigenvalue weighted by Gasteiger charge is 2.66. The number of carboxylic acid groups (broad SMARTS) is 1. The third-order valence-corrected chi connectivity index (χ3v) is 17.6. The maximum absolute atomic E-state index is 13.9. The van der Waals surface area contributed by atoms with Crippen molar-refractivity contribution in [2.75, 3.05) is 13.1 Å². The second-order valence-electron chi connectivity index (χ2n) is 20.5. The molecule has 6 aliphatic carbocycles. The van der Waals surface area contributed by atoms with Gasteiger partial charge in [-0.25, -0.2) is 0 Å². The van der Waals surface area contributed by atoms with Crippen molar-refractivity contribution in [1.82, 2.24) is 10.6 Å². The van der Waals surface area contributed by atoms with Crippen LogP contribution in [0, 0.1) is 74.9 Å². The summed E-state index contributed by atoms with van der Waals surface area (Å²) in [4.78, 5) is 64.6. The number of nitrogens with one attached hydrogen (secondary N) is 2. The Kier molecular flexibility index (Phi) is 11.0. The number of ketones is 2. The molecule has 0 spiro atoms. The van der Waals surface area contributed by atoms with Gasteiger partial charge in [-0.15, -0.1) is 0 Å². The fourth-order valence-electron chi connectivity index (χ4n) is 14.5. The van der Waals surface area contributed by atoms with Crippen LogP contribution < -0.4 is 10.6 Å². The van der Waals surface area contributed by atoms with Gasteiger partial charge in [-0.2, -0.15) is 0 Å². The van der Waals surface area contributed by atoms with Gasteiger partial charge >= 0.3 is 5.97 Å². The zero-order chi connectivity index (χ0) is 40.5. The summed E-state index contributed by atoms with van der Waals surface area (Å²) >= 11 is 5.95. The molecule has 5 saturated carbocycles. The highest BCUT2D eigenvalue weighted by Crippen LogP contribution is 2.74. The molecule has 306 valence electrons. The van der Waals surface area contributed by atoms with Crippen molar-refractivity contribution in [1.29, 1.82) is 0 Å². The summed E-state index contributed by atoms with van der Waals surface area (Å²) in [6, 6.07) is 6.57. The molecule has 0 heterocycles. The molecule has 0 aromatic heterocycles. The Balaban J connectivity index is 1.03. The quantitative estimate of drug-likeness (QED) is 0.205. The Hall–Kier alpha value is -3.00. The summed E-state index contributed by atoms with van der Waals surface area (Å²) in [5, 5.41) is 15.8. The van der Waals surface area contributed by atoms with E-state index in [0.717, 1.165) is 56.9 Å². The Bertz CT molecular complexity index is 1800. The van der Waals surface area contributed by atoms with Crippen molar-refractivity contribution in [3.8, 4) is 0 Å². The van der Waals surface area contributed by atoms with Crippen LogP contribution in [0.1, 0.15) is 136 Å². The van der Waals surface area contributed by atoms with Gasteiger partial charge < -0.3 is 15.7 Å². The number of benzene rings is 1. The van der Waals surface area contributed by atoms with E-state index in [4.69, 9.17) is 11.6 Å². The third kappa shape index (κ3) is 6.79. The number of carbonyl (C=O) groups excluding carboxylic acids is 4. The summed E-state index contributed by atoms with van der Waals surface area (Å²) in [5.74, 6) is 1.18. The topological polar surface area (TPSA) is 130 Å². The molecule has 5 fully saturated rings. The summed E-state index contributed by atoms with van der Waals surface area (Å²) in [5.41, 5.74) is 3.08. The summed E-state index contributed by atoms with van der Waals surface area (Å²) in [6.45, 7) is 16.7. The van der Waals surface area contributed by atoms with Gasteiger partial charge in [0.05, 0.1) is 12.5 Å². The minimum atomic E-state index is -0.769. The van der Waals surface area contributed by atoms with Gasteiger partial charge in [0.1, 0.15) is 5.78 Å². The zero-order valence-electron chi connectivity index (χ0n) is 34.8. The Labute approximate surface area is 339 Å². The molecule has 9 heteroatoms. The predicted octanol–water partition coefficient (Wildman–Crippen LogP) is 9.10. The molecule has 3 N–H and O–H groups in total. The Morgan fingerprint density at radius 2 is 1.57 bits per heavy atom. The number of amides is 2. The maximum atomic E-state index is 13.9. The van der Waals surface area contributed by atoms with Crippen molar-refractivity contribution in [2.45, 2.75) is 126 Å². The molecule has 2 amide bonds. The van der Waals surface area contributed by atoms with Crippen molar-refractivity contribution >= 4 is 41.0 Å².